The Hall–Kier alpha value is -3.68. The molecule has 3 heterocycles. The van der Waals surface area contributed by atoms with Gasteiger partial charge in [0.1, 0.15) is 5.52 Å². The van der Waals surface area contributed by atoms with E-state index in [-0.39, 0.29) is 23.4 Å². The van der Waals surface area contributed by atoms with Gasteiger partial charge in [-0.3, -0.25) is 9.36 Å². The number of benzene rings is 2. The third-order valence-corrected chi connectivity index (χ3v) is 6.53. The fraction of sp³-hybridized carbons (Fsp3) is 0.333. The van der Waals surface area contributed by atoms with Gasteiger partial charge in [-0.15, -0.1) is 0 Å². The Bertz CT molecular complexity index is 1350. The highest BCUT2D eigenvalue weighted by Crippen LogP contribution is 2.33. The highest BCUT2D eigenvalue weighted by Gasteiger charge is 2.36. The molecule has 162 valence electrons. The van der Waals surface area contributed by atoms with E-state index in [0.29, 0.717) is 12.4 Å². The molecule has 32 heavy (non-hydrogen) atoms. The molecule has 1 saturated carbocycles. The normalized spacial score (nSPS) is 18.5. The predicted octanol–water partition coefficient (Wildman–Crippen LogP) is 3.31. The second-order valence-corrected chi connectivity index (χ2v) is 8.79. The van der Waals surface area contributed by atoms with Crippen LogP contribution >= 0.6 is 0 Å². The van der Waals surface area contributed by atoms with Gasteiger partial charge in [0.2, 0.25) is 5.91 Å². The summed E-state index contributed by atoms with van der Waals surface area (Å²) in [6.45, 7) is 2.06. The molecule has 1 amide bonds. The molecule has 1 aliphatic carbocycles. The highest BCUT2D eigenvalue weighted by molar-refractivity contribution is 5.81. The van der Waals surface area contributed by atoms with Gasteiger partial charge in [-0.1, -0.05) is 30.3 Å². The van der Waals surface area contributed by atoms with Gasteiger partial charge >= 0.3 is 5.69 Å². The Balaban J connectivity index is 1.22. The van der Waals surface area contributed by atoms with Crippen molar-refractivity contribution in [2.45, 2.75) is 25.8 Å². The molecule has 0 radical (unpaired) electrons. The van der Waals surface area contributed by atoms with Crippen LogP contribution in [-0.4, -0.2) is 43.6 Å². The number of oxazole rings is 1. The molecule has 0 spiro atoms. The Morgan fingerprint density at radius 1 is 1.06 bits per heavy atom. The van der Waals surface area contributed by atoms with E-state index in [1.165, 1.54) is 6.39 Å². The van der Waals surface area contributed by atoms with Crippen LogP contribution in [0.4, 0.5) is 0 Å². The van der Waals surface area contributed by atoms with Crippen molar-refractivity contribution in [1.82, 2.24) is 24.6 Å². The van der Waals surface area contributed by atoms with E-state index in [1.807, 2.05) is 47.4 Å². The van der Waals surface area contributed by atoms with Crippen LogP contribution in [0.2, 0.25) is 0 Å². The van der Waals surface area contributed by atoms with Crippen molar-refractivity contribution in [2.24, 2.45) is 11.8 Å². The van der Waals surface area contributed by atoms with Gasteiger partial charge in [0.05, 0.1) is 0 Å². The van der Waals surface area contributed by atoms with Crippen LogP contribution in [0, 0.1) is 11.8 Å². The molecule has 8 heteroatoms. The summed E-state index contributed by atoms with van der Waals surface area (Å²) < 4.78 is 7.01. The summed E-state index contributed by atoms with van der Waals surface area (Å²) in [6, 6.07) is 13.9. The fourth-order valence-electron chi connectivity index (χ4n) is 4.59. The number of carbonyl (C=O) groups is 1. The zero-order chi connectivity index (χ0) is 21.7. The van der Waals surface area contributed by atoms with Crippen molar-refractivity contribution in [3.05, 3.63) is 59.3 Å². The molecule has 4 aromatic rings. The van der Waals surface area contributed by atoms with E-state index >= 15 is 0 Å². The van der Waals surface area contributed by atoms with E-state index in [1.54, 1.807) is 4.57 Å². The first-order valence-corrected chi connectivity index (χ1v) is 11.0. The molecule has 2 aromatic carbocycles. The van der Waals surface area contributed by atoms with E-state index in [4.69, 9.17) is 4.42 Å². The maximum absolute atomic E-state index is 12.5. The first-order chi connectivity index (χ1) is 15.7. The zero-order valence-electron chi connectivity index (χ0n) is 17.5. The predicted molar refractivity (Wildman–Crippen MR) is 119 cm³/mol. The summed E-state index contributed by atoms with van der Waals surface area (Å²) in [7, 11) is 0. The minimum absolute atomic E-state index is 0.215. The van der Waals surface area contributed by atoms with Crippen LogP contribution in [0.1, 0.15) is 19.3 Å². The quantitative estimate of drug-likeness (QED) is 0.525. The van der Waals surface area contributed by atoms with Gasteiger partial charge in [-0.2, -0.15) is 5.10 Å². The minimum atomic E-state index is -0.215. The fourth-order valence-corrected chi connectivity index (χ4v) is 4.59. The number of amides is 1. The second-order valence-electron chi connectivity index (χ2n) is 8.79. The van der Waals surface area contributed by atoms with Crippen LogP contribution in [0.25, 0.3) is 33.6 Å². The Morgan fingerprint density at radius 3 is 2.66 bits per heavy atom. The van der Waals surface area contributed by atoms with Gasteiger partial charge in [0, 0.05) is 31.1 Å². The summed E-state index contributed by atoms with van der Waals surface area (Å²) in [5, 5.41) is 6.87. The number of carbonyl (C=O) groups excluding carboxylic acids is 1. The van der Waals surface area contributed by atoms with E-state index < -0.39 is 0 Å². The van der Waals surface area contributed by atoms with Crippen molar-refractivity contribution in [3.63, 3.8) is 0 Å². The lowest BCUT2D eigenvalue weighted by Gasteiger charge is -2.16. The summed E-state index contributed by atoms with van der Waals surface area (Å²) in [5.41, 5.74) is 4.33. The number of aromatic amines is 1. The molecule has 1 unspecified atom stereocenters. The monoisotopic (exact) mass is 429 g/mol. The van der Waals surface area contributed by atoms with E-state index in [0.717, 1.165) is 60.1 Å². The van der Waals surface area contributed by atoms with Crippen LogP contribution in [0.5, 0.6) is 0 Å². The minimum Gasteiger partial charge on any atom is -0.443 e. The number of hydrogen-bond acceptors (Lipinski definition) is 5. The molecule has 0 bridgehead atoms. The number of fused-ring (bicyclic) bond motifs is 1. The first kappa shape index (κ1) is 19.0. The molecule has 1 N–H and O–H groups in total. The van der Waals surface area contributed by atoms with Gasteiger partial charge in [-0.05, 0) is 48.4 Å². The lowest BCUT2D eigenvalue weighted by atomic mass is 10.0. The number of hydrogen-bond donors (Lipinski definition) is 1. The number of aromatic nitrogens is 4. The molecular formula is C24H23N5O3. The highest BCUT2D eigenvalue weighted by atomic mass is 16.3. The third kappa shape index (κ3) is 3.41. The number of rotatable bonds is 5. The van der Waals surface area contributed by atoms with Gasteiger partial charge in [-0.25, -0.2) is 14.9 Å². The largest absolute Gasteiger partial charge is 0.443 e. The van der Waals surface area contributed by atoms with Gasteiger partial charge in [0.15, 0.2) is 17.8 Å². The maximum Gasteiger partial charge on any atom is 0.343 e. The average Bonchev–Trinajstić information content (AvgIpc) is 3.21. The molecule has 2 fully saturated rings. The zero-order valence-corrected chi connectivity index (χ0v) is 17.5. The Kier molecular flexibility index (Phi) is 4.45. The lowest BCUT2D eigenvalue weighted by molar-refractivity contribution is -0.131. The molecule has 1 atom stereocenters. The van der Waals surface area contributed by atoms with Crippen molar-refractivity contribution < 1.29 is 9.21 Å². The Morgan fingerprint density at radius 2 is 1.84 bits per heavy atom. The van der Waals surface area contributed by atoms with Crippen molar-refractivity contribution in [2.75, 3.05) is 13.1 Å². The number of H-pyrrole nitrogens is 1. The van der Waals surface area contributed by atoms with Gasteiger partial charge in [0.25, 0.3) is 0 Å². The van der Waals surface area contributed by atoms with Gasteiger partial charge < -0.3 is 9.32 Å². The number of nitrogens with one attached hydrogen (secondary N) is 1. The molecular weight excluding hydrogens is 406 g/mol. The molecule has 1 aliphatic heterocycles. The summed E-state index contributed by atoms with van der Waals surface area (Å²) in [6.07, 6.45) is 4.40. The van der Waals surface area contributed by atoms with Crippen molar-refractivity contribution >= 4 is 17.0 Å². The SMILES string of the molecule is O=C(C1CC1)N1CCC(Cn2c(-c3ccc(-c4ccc5ocnc5c4)cc3)n[nH]c2=O)C1. The van der Waals surface area contributed by atoms with E-state index in [9.17, 15) is 9.59 Å². The maximum atomic E-state index is 12.5. The smallest absolute Gasteiger partial charge is 0.343 e. The van der Waals surface area contributed by atoms with Crippen LogP contribution in [-0.2, 0) is 11.3 Å². The topological polar surface area (TPSA) is 97.0 Å². The van der Waals surface area contributed by atoms with Crippen LogP contribution in [0.15, 0.2) is 58.1 Å². The summed E-state index contributed by atoms with van der Waals surface area (Å²) in [5.74, 6) is 1.41. The van der Waals surface area contributed by atoms with Crippen molar-refractivity contribution in [1.29, 1.82) is 0 Å². The standard InChI is InChI=1S/C24H23N5O3/c30-23(18-5-6-18)28-10-9-15(12-28)13-29-22(26-27-24(29)31)17-3-1-16(2-4-17)19-7-8-21-20(11-19)25-14-32-21/h1-4,7-8,11,14-15,18H,5-6,9-10,12-13H2,(H,27,31). The average molecular weight is 429 g/mol. The summed E-state index contributed by atoms with van der Waals surface area (Å²) in [4.78, 5) is 31.0. The third-order valence-electron chi connectivity index (χ3n) is 6.53. The molecule has 2 aliphatic rings. The molecule has 8 nitrogen and oxygen atoms in total. The summed E-state index contributed by atoms with van der Waals surface area (Å²) >= 11 is 0. The number of nitrogens with zero attached hydrogens (tertiary/aromatic N) is 4. The van der Waals surface area contributed by atoms with Crippen LogP contribution < -0.4 is 5.69 Å². The van der Waals surface area contributed by atoms with E-state index in [2.05, 4.69) is 15.2 Å². The van der Waals surface area contributed by atoms with Crippen molar-refractivity contribution in [3.8, 4) is 22.5 Å². The number of likely N-dealkylation sites (tertiary alicyclic amines) is 1. The molecule has 2 aromatic heterocycles. The molecule has 1 saturated heterocycles. The lowest BCUT2D eigenvalue weighted by Crippen LogP contribution is -2.31. The van der Waals surface area contributed by atoms with Crippen LogP contribution in [0.3, 0.4) is 0 Å². The first-order valence-electron chi connectivity index (χ1n) is 11.0. The molecule has 6 rings (SSSR count). The second kappa shape index (κ2) is 7.47. The Labute approximate surface area is 183 Å².